The van der Waals surface area contributed by atoms with Crippen LogP contribution in [0.25, 0.3) is 5.69 Å². The molecule has 7 heteroatoms. The van der Waals surface area contributed by atoms with E-state index in [1.165, 1.54) is 4.68 Å². The normalized spacial score (nSPS) is 18.4. The lowest BCUT2D eigenvalue weighted by Gasteiger charge is -2.30. The van der Waals surface area contributed by atoms with Crippen molar-refractivity contribution in [1.82, 2.24) is 24.7 Å². The molecule has 1 amide bonds. The van der Waals surface area contributed by atoms with Crippen molar-refractivity contribution in [3.8, 4) is 5.69 Å². The predicted molar refractivity (Wildman–Crippen MR) is 80.6 cm³/mol. The van der Waals surface area contributed by atoms with Gasteiger partial charge >= 0.3 is 5.69 Å². The van der Waals surface area contributed by atoms with Crippen LogP contribution in [-0.4, -0.2) is 43.7 Å². The second-order valence-corrected chi connectivity index (χ2v) is 5.75. The Bertz CT molecular complexity index is 706. The summed E-state index contributed by atoms with van der Waals surface area (Å²) >= 11 is 0. The number of likely N-dealkylation sites (tertiary alicyclic amines) is 1. The molecule has 3 rings (SSSR count). The molecule has 1 atom stereocenters. The van der Waals surface area contributed by atoms with Crippen molar-refractivity contribution in [2.45, 2.75) is 26.3 Å². The first-order chi connectivity index (χ1) is 10.6. The zero-order chi connectivity index (χ0) is 15.5. The van der Waals surface area contributed by atoms with Crippen LogP contribution in [0.15, 0.2) is 35.1 Å². The van der Waals surface area contributed by atoms with Gasteiger partial charge in [-0.25, -0.2) is 4.79 Å². The van der Waals surface area contributed by atoms with Gasteiger partial charge in [0.05, 0.1) is 5.69 Å². The van der Waals surface area contributed by atoms with E-state index in [0.717, 1.165) is 30.6 Å². The highest BCUT2D eigenvalue weighted by molar-refractivity contribution is 5.75. The van der Waals surface area contributed by atoms with Crippen molar-refractivity contribution in [3.63, 3.8) is 0 Å². The topological polar surface area (TPSA) is 73.0 Å². The first-order valence-corrected chi connectivity index (χ1v) is 7.51. The minimum Gasteiger partial charge on any atom is -0.341 e. The van der Waals surface area contributed by atoms with E-state index in [1.807, 2.05) is 23.1 Å². The highest BCUT2D eigenvalue weighted by Crippen LogP contribution is 2.15. The summed E-state index contributed by atoms with van der Waals surface area (Å²) in [5, 5.41) is 7.66. The van der Waals surface area contributed by atoms with Crippen molar-refractivity contribution in [2.24, 2.45) is 5.92 Å². The molecule has 2 heterocycles. The minimum atomic E-state index is -0.399. The molecule has 2 aromatic rings. The van der Waals surface area contributed by atoms with Crippen LogP contribution < -0.4 is 5.69 Å². The van der Waals surface area contributed by atoms with Gasteiger partial charge in [-0.05, 0) is 41.3 Å². The van der Waals surface area contributed by atoms with Gasteiger partial charge in [0.25, 0.3) is 0 Å². The smallest absolute Gasteiger partial charge is 0.341 e. The fourth-order valence-corrected chi connectivity index (χ4v) is 2.75. The Hall–Kier alpha value is -2.44. The van der Waals surface area contributed by atoms with Crippen LogP contribution in [0.2, 0.25) is 0 Å². The average Bonchev–Trinajstić information content (AvgIpc) is 2.89. The van der Waals surface area contributed by atoms with Gasteiger partial charge in [-0.1, -0.05) is 25.1 Å². The van der Waals surface area contributed by atoms with Crippen LogP contribution in [0.1, 0.15) is 19.8 Å². The van der Waals surface area contributed by atoms with Crippen molar-refractivity contribution < 1.29 is 4.79 Å². The van der Waals surface area contributed by atoms with E-state index in [2.05, 4.69) is 17.4 Å². The summed E-state index contributed by atoms with van der Waals surface area (Å²) in [7, 11) is 0. The number of tetrazole rings is 1. The van der Waals surface area contributed by atoms with Gasteiger partial charge in [0, 0.05) is 13.1 Å². The Morgan fingerprint density at radius 2 is 2.05 bits per heavy atom. The third-order valence-electron chi connectivity index (χ3n) is 3.93. The van der Waals surface area contributed by atoms with E-state index in [9.17, 15) is 9.59 Å². The highest BCUT2D eigenvalue weighted by atomic mass is 16.2. The second-order valence-electron chi connectivity index (χ2n) is 5.75. The molecule has 0 spiro atoms. The summed E-state index contributed by atoms with van der Waals surface area (Å²) in [4.78, 5) is 26.4. The van der Waals surface area contributed by atoms with Crippen LogP contribution >= 0.6 is 0 Å². The summed E-state index contributed by atoms with van der Waals surface area (Å²) in [6, 6.07) is 9.05. The zero-order valence-corrected chi connectivity index (χ0v) is 12.6. The van der Waals surface area contributed by atoms with Gasteiger partial charge < -0.3 is 4.90 Å². The molecule has 1 aromatic carbocycles. The van der Waals surface area contributed by atoms with Crippen LogP contribution in [0.3, 0.4) is 0 Å². The molecule has 0 bridgehead atoms. The minimum absolute atomic E-state index is 0.0572. The van der Waals surface area contributed by atoms with Gasteiger partial charge in [-0.2, -0.15) is 9.36 Å². The summed E-state index contributed by atoms with van der Waals surface area (Å²) in [5.41, 5.74) is 0.238. The third-order valence-corrected chi connectivity index (χ3v) is 3.93. The van der Waals surface area contributed by atoms with Crippen molar-refractivity contribution >= 4 is 5.91 Å². The molecule has 116 valence electrons. The van der Waals surface area contributed by atoms with Crippen molar-refractivity contribution in [2.75, 3.05) is 13.1 Å². The first kappa shape index (κ1) is 14.5. The summed E-state index contributed by atoms with van der Waals surface area (Å²) in [6.45, 7) is 3.58. The lowest BCUT2D eigenvalue weighted by Crippen LogP contribution is -2.42. The number of amides is 1. The Balaban J connectivity index is 1.75. The zero-order valence-electron chi connectivity index (χ0n) is 12.6. The Morgan fingerprint density at radius 1 is 1.27 bits per heavy atom. The van der Waals surface area contributed by atoms with E-state index >= 15 is 0 Å². The van der Waals surface area contributed by atoms with E-state index in [-0.39, 0.29) is 12.5 Å². The lowest BCUT2D eigenvalue weighted by molar-refractivity contribution is -0.133. The number of piperidine rings is 1. The molecule has 0 aliphatic carbocycles. The number of hydrogen-bond donors (Lipinski definition) is 0. The fraction of sp³-hybridized carbons (Fsp3) is 0.467. The largest absolute Gasteiger partial charge is 0.368 e. The lowest BCUT2D eigenvalue weighted by atomic mass is 10.0. The maximum absolute atomic E-state index is 12.3. The Morgan fingerprint density at radius 3 is 2.77 bits per heavy atom. The van der Waals surface area contributed by atoms with Crippen molar-refractivity contribution in [3.05, 3.63) is 40.8 Å². The molecule has 0 N–H and O–H groups in total. The van der Waals surface area contributed by atoms with Crippen LogP contribution in [0.4, 0.5) is 0 Å². The number of carbonyl (C=O) groups is 1. The van der Waals surface area contributed by atoms with E-state index in [0.29, 0.717) is 11.6 Å². The summed E-state index contributed by atoms with van der Waals surface area (Å²) in [5.74, 6) is 0.434. The number of hydrogen-bond acceptors (Lipinski definition) is 4. The van der Waals surface area contributed by atoms with E-state index in [4.69, 9.17) is 0 Å². The molecule has 1 aliphatic rings. The van der Waals surface area contributed by atoms with Crippen LogP contribution in [-0.2, 0) is 11.3 Å². The fourth-order valence-electron chi connectivity index (χ4n) is 2.75. The Labute approximate surface area is 128 Å². The van der Waals surface area contributed by atoms with Crippen molar-refractivity contribution in [1.29, 1.82) is 0 Å². The second kappa shape index (κ2) is 6.13. The number of rotatable bonds is 3. The Kier molecular flexibility index (Phi) is 4.04. The summed E-state index contributed by atoms with van der Waals surface area (Å²) < 4.78 is 2.32. The SMILES string of the molecule is C[C@H]1CCCN(C(=O)Cn2nnn(-c3ccccc3)c2=O)C1. The van der Waals surface area contributed by atoms with Gasteiger partial charge in [0.1, 0.15) is 6.54 Å². The molecule has 0 saturated carbocycles. The number of aromatic nitrogens is 4. The van der Waals surface area contributed by atoms with Gasteiger partial charge in [-0.3, -0.25) is 4.79 Å². The molecular formula is C15H19N5O2. The average molecular weight is 301 g/mol. The van der Waals surface area contributed by atoms with E-state index in [1.54, 1.807) is 12.1 Å². The number of para-hydroxylation sites is 1. The molecule has 7 nitrogen and oxygen atoms in total. The van der Waals surface area contributed by atoms with E-state index < -0.39 is 5.69 Å². The van der Waals surface area contributed by atoms with Gasteiger partial charge in [0.15, 0.2) is 0 Å². The standard InChI is InChI=1S/C15H19N5O2/c1-12-6-5-9-18(10-12)14(21)11-19-15(22)20(17-16-19)13-7-3-2-4-8-13/h2-4,7-8,12H,5-6,9-11H2,1H3/t12-/m0/s1. The molecule has 1 fully saturated rings. The molecule has 22 heavy (non-hydrogen) atoms. The van der Waals surface area contributed by atoms with Crippen LogP contribution in [0, 0.1) is 5.92 Å². The quantitative estimate of drug-likeness (QED) is 0.836. The maximum atomic E-state index is 12.3. The number of benzene rings is 1. The molecule has 1 aromatic heterocycles. The molecule has 1 aliphatic heterocycles. The molecule has 0 radical (unpaired) electrons. The highest BCUT2D eigenvalue weighted by Gasteiger charge is 2.22. The predicted octanol–water partition coefficient (Wildman–Crippen LogP) is 0.687. The monoisotopic (exact) mass is 301 g/mol. The van der Waals surface area contributed by atoms with Crippen LogP contribution in [0.5, 0.6) is 0 Å². The van der Waals surface area contributed by atoms with Gasteiger partial charge in [0.2, 0.25) is 5.91 Å². The molecular weight excluding hydrogens is 282 g/mol. The first-order valence-electron chi connectivity index (χ1n) is 7.51. The number of nitrogens with zero attached hydrogens (tertiary/aromatic N) is 5. The number of carbonyl (C=O) groups excluding carboxylic acids is 1. The summed E-state index contributed by atoms with van der Waals surface area (Å²) in [6.07, 6.45) is 2.16. The van der Waals surface area contributed by atoms with Gasteiger partial charge in [-0.15, -0.1) is 0 Å². The third kappa shape index (κ3) is 2.93. The maximum Gasteiger partial charge on any atom is 0.368 e. The molecule has 1 saturated heterocycles. The molecule has 0 unspecified atom stereocenters.